The van der Waals surface area contributed by atoms with Crippen molar-refractivity contribution in [2.45, 2.75) is 64.2 Å². The zero-order valence-corrected chi connectivity index (χ0v) is 12.7. The van der Waals surface area contributed by atoms with E-state index in [0.717, 1.165) is 26.2 Å². The summed E-state index contributed by atoms with van der Waals surface area (Å²) in [5.74, 6) is 0. The van der Waals surface area contributed by atoms with Crippen LogP contribution < -0.4 is 0 Å². The highest BCUT2D eigenvalue weighted by Gasteiger charge is 2.29. The molecule has 17 heavy (non-hydrogen) atoms. The van der Waals surface area contributed by atoms with Crippen molar-refractivity contribution in [3.63, 3.8) is 0 Å². The van der Waals surface area contributed by atoms with Crippen molar-refractivity contribution in [2.24, 2.45) is 5.41 Å². The number of ether oxygens (including phenoxy) is 2. The first-order valence-corrected chi connectivity index (χ1v) is 7.21. The molecular formula is C14H28O2S. The average molecular weight is 260 g/mol. The summed E-state index contributed by atoms with van der Waals surface area (Å²) < 4.78 is 10.7. The van der Waals surface area contributed by atoms with Crippen molar-refractivity contribution >= 4 is 12.6 Å². The van der Waals surface area contributed by atoms with E-state index < -0.39 is 0 Å². The molecule has 0 aromatic rings. The first-order valence-electron chi connectivity index (χ1n) is 6.76. The summed E-state index contributed by atoms with van der Waals surface area (Å²) in [4.78, 5) is 0. The van der Waals surface area contributed by atoms with E-state index in [-0.39, 0.29) is 4.75 Å². The van der Waals surface area contributed by atoms with Crippen LogP contribution in [-0.4, -0.2) is 30.7 Å². The van der Waals surface area contributed by atoms with Crippen LogP contribution in [0.3, 0.4) is 0 Å². The lowest BCUT2D eigenvalue weighted by Gasteiger charge is -2.30. The van der Waals surface area contributed by atoms with Crippen molar-refractivity contribution in [3.8, 4) is 0 Å². The van der Waals surface area contributed by atoms with E-state index in [1.54, 1.807) is 0 Å². The van der Waals surface area contributed by atoms with Gasteiger partial charge in [-0.15, -0.1) is 0 Å². The van der Waals surface area contributed by atoms with Gasteiger partial charge in [0.05, 0.1) is 19.3 Å². The van der Waals surface area contributed by atoms with Gasteiger partial charge in [0.15, 0.2) is 0 Å². The Kier molecular flexibility index (Phi) is 5.81. The molecule has 1 aliphatic heterocycles. The SMILES string of the molecule is CCOCC(C)(S)CCC(C)(C)CCC1CO1. The van der Waals surface area contributed by atoms with Crippen molar-refractivity contribution < 1.29 is 9.47 Å². The number of rotatable bonds is 9. The van der Waals surface area contributed by atoms with Gasteiger partial charge >= 0.3 is 0 Å². The Hall–Kier alpha value is 0.270. The Morgan fingerprint density at radius 3 is 2.41 bits per heavy atom. The Labute approximate surface area is 112 Å². The molecule has 0 radical (unpaired) electrons. The van der Waals surface area contributed by atoms with Gasteiger partial charge in [0.25, 0.3) is 0 Å². The number of hydrogen-bond acceptors (Lipinski definition) is 3. The van der Waals surface area contributed by atoms with E-state index in [4.69, 9.17) is 22.1 Å². The Morgan fingerprint density at radius 2 is 1.88 bits per heavy atom. The molecule has 0 saturated carbocycles. The van der Waals surface area contributed by atoms with Gasteiger partial charge in [0.1, 0.15) is 0 Å². The molecule has 0 aromatic heterocycles. The van der Waals surface area contributed by atoms with Gasteiger partial charge in [-0.2, -0.15) is 12.6 Å². The largest absolute Gasteiger partial charge is 0.380 e. The zero-order chi connectivity index (χ0) is 12.9. The van der Waals surface area contributed by atoms with E-state index in [2.05, 4.69) is 20.8 Å². The highest BCUT2D eigenvalue weighted by molar-refractivity contribution is 7.81. The molecule has 0 aliphatic carbocycles. The molecule has 0 aromatic carbocycles. The molecule has 0 bridgehead atoms. The minimum absolute atomic E-state index is 0.00333. The number of hydrogen-bond donors (Lipinski definition) is 1. The van der Waals surface area contributed by atoms with E-state index in [9.17, 15) is 0 Å². The molecule has 1 heterocycles. The minimum Gasteiger partial charge on any atom is -0.380 e. The van der Waals surface area contributed by atoms with Gasteiger partial charge in [0.2, 0.25) is 0 Å². The second-order valence-corrected chi connectivity index (χ2v) is 7.37. The summed E-state index contributed by atoms with van der Waals surface area (Å²) in [6, 6.07) is 0. The Morgan fingerprint density at radius 1 is 1.24 bits per heavy atom. The second-order valence-electron chi connectivity index (χ2n) is 6.29. The van der Waals surface area contributed by atoms with Crippen LogP contribution in [-0.2, 0) is 9.47 Å². The maximum absolute atomic E-state index is 5.48. The van der Waals surface area contributed by atoms with E-state index in [0.29, 0.717) is 11.5 Å². The maximum atomic E-state index is 5.48. The number of epoxide rings is 1. The van der Waals surface area contributed by atoms with Gasteiger partial charge < -0.3 is 9.47 Å². The first-order chi connectivity index (χ1) is 7.85. The third-order valence-corrected chi connectivity index (χ3v) is 3.86. The molecule has 0 amide bonds. The molecule has 1 rings (SSSR count). The van der Waals surface area contributed by atoms with Crippen LogP contribution in [0.1, 0.15) is 53.4 Å². The van der Waals surface area contributed by atoms with Crippen molar-refractivity contribution in [3.05, 3.63) is 0 Å². The van der Waals surface area contributed by atoms with Crippen LogP contribution in [0.5, 0.6) is 0 Å². The summed E-state index contributed by atoms with van der Waals surface area (Å²) in [6.07, 6.45) is 5.32. The quantitative estimate of drug-likeness (QED) is 0.504. The highest BCUT2D eigenvalue weighted by atomic mass is 32.1. The van der Waals surface area contributed by atoms with Crippen molar-refractivity contribution in [1.29, 1.82) is 0 Å². The molecule has 0 spiro atoms. The summed E-state index contributed by atoms with van der Waals surface area (Å²) in [7, 11) is 0. The van der Waals surface area contributed by atoms with Crippen LogP contribution in [0.4, 0.5) is 0 Å². The Bertz CT molecular complexity index is 222. The summed E-state index contributed by atoms with van der Waals surface area (Å²) in [6.45, 7) is 11.4. The molecule has 1 saturated heterocycles. The normalized spacial score (nSPS) is 23.5. The zero-order valence-electron chi connectivity index (χ0n) is 11.8. The molecule has 102 valence electrons. The molecule has 2 nitrogen and oxygen atoms in total. The van der Waals surface area contributed by atoms with Gasteiger partial charge in [-0.3, -0.25) is 0 Å². The monoisotopic (exact) mass is 260 g/mol. The summed E-state index contributed by atoms with van der Waals surface area (Å²) >= 11 is 4.70. The van der Waals surface area contributed by atoms with Gasteiger partial charge in [-0.1, -0.05) is 13.8 Å². The topological polar surface area (TPSA) is 21.8 Å². The Balaban J connectivity index is 2.20. The van der Waals surface area contributed by atoms with E-state index in [1.807, 2.05) is 6.92 Å². The number of thiol groups is 1. The van der Waals surface area contributed by atoms with Gasteiger partial charge in [-0.05, 0) is 44.9 Å². The van der Waals surface area contributed by atoms with E-state index >= 15 is 0 Å². The molecule has 2 unspecified atom stereocenters. The summed E-state index contributed by atoms with van der Waals surface area (Å²) in [5.41, 5.74) is 0.391. The first kappa shape index (κ1) is 15.3. The minimum atomic E-state index is 0.00333. The van der Waals surface area contributed by atoms with Crippen molar-refractivity contribution in [2.75, 3.05) is 19.8 Å². The van der Waals surface area contributed by atoms with Gasteiger partial charge in [0, 0.05) is 11.4 Å². The fourth-order valence-corrected chi connectivity index (χ4v) is 2.12. The standard InChI is InChI=1S/C14H28O2S/c1-5-15-11-14(4,17)9-8-13(2,3)7-6-12-10-16-12/h12,17H,5-11H2,1-4H3. The third kappa shape index (κ3) is 7.32. The maximum Gasteiger partial charge on any atom is 0.0810 e. The predicted molar refractivity (Wildman–Crippen MR) is 75.9 cm³/mol. The molecule has 3 heteroatoms. The molecule has 2 atom stereocenters. The molecule has 0 N–H and O–H groups in total. The molecule has 1 aliphatic rings. The van der Waals surface area contributed by atoms with Crippen LogP contribution >= 0.6 is 12.6 Å². The van der Waals surface area contributed by atoms with Crippen molar-refractivity contribution in [1.82, 2.24) is 0 Å². The fourth-order valence-electron chi connectivity index (χ4n) is 1.91. The van der Waals surface area contributed by atoms with Crippen LogP contribution in [0, 0.1) is 5.41 Å². The average Bonchev–Trinajstić information content (AvgIpc) is 3.06. The highest BCUT2D eigenvalue weighted by Crippen LogP contribution is 2.35. The lowest BCUT2D eigenvalue weighted by atomic mass is 9.80. The lowest BCUT2D eigenvalue weighted by molar-refractivity contribution is 0.119. The van der Waals surface area contributed by atoms with Gasteiger partial charge in [-0.25, -0.2) is 0 Å². The molecule has 1 fully saturated rings. The fraction of sp³-hybridized carbons (Fsp3) is 1.00. The van der Waals surface area contributed by atoms with Crippen LogP contribution in [0.15, 0.2) is 0 Å². The third-order valence-electron chi connectivity index (χ3n) is 3.50. The van der Waals surface area contributed by atoms with Crippen LogP contribution in [0.2, 0.25) is 0 Å². The lowest BCUT2D eigenvalue weighted by Crippen LogP contribution is -2.27. The summed E-state index contributed by atoms with van der Waals surface area (Å²) in [5, 5.41) is 0. The predicted octanol–water partition coefficient (Wildman–Crippen LogP) is 3.70. The molecular weight excluding hydrogens is 232 g/mol. The van der Waals surface area contributed by atoms with Crippen LogP contribution in [0.25, 0.3) is 0 Å². The van der Waals surface area contributed by atoms with E-state index in [1.165, 1.54) is 19.3 Å². The smallest absolute Gasteiger partial charge is 0.0810 e. The second kappa shape index (κ2) is 6.44.